The van der Waals surface area contributed by atoms with Gasteiger partial charge in [0.05, 0.1) is 0 Å². The first kappa shape index (κ1) is 17.7. The van der Waals surface area contributed by atoms with E-state index in [1.165, 1.54) is 0 Å². The third kappa shape index (κ3) is 4.47. The first-order chi connectivity index (χ1) is 12.6. The molecule has 0 spiro atoms. The Morgan fingerprint density at radius 1 is 1.15 bits per heavy atom. The molecule has 0 saturated carbocycles. The van der Waals surface area contributed by atoms with Crippen LogP contribution in [0.3, 0.4) is 0 Å². The van der Waals surface area contributed by atoms with Gasteiger partial charge in [0.15, 0.2) is 11.5 Å². The minimum absolute atomic E-state index is 0.225. The summed E-state index contributed by atoms with van der Waals surface area (Å²) in [7, 11) is 0. The Hall–Kier alpha value is -3.15. The summed E-state index contributed by atoms with van der Waals surface area (Å²) in [6.07, 6.45) is 4.20. The zero-order valence-electron chi connectivity index (χ0n) is 14.9. The molecule has 0 atom stereocenters. The summed E-state index contributed by atoms with van der Waals surface area (Å²) in [5.74, 6) is 1.07. The van der Waals surface area contributed by atoms with Crippen LogP contribution < -0.4 is 10.1 Å². The van der Waals surface area contributed by atoms with Crippen molar-refractivity contribution in [1.82, 2.24) is 15.5 Å². The zero-order valence-corrected chi connectivity index (χ0v) is 14.9. The van der Waals surface area contributed by atoms with E-state index < -0.39 is 0 Å². The second-order valence-corrected chi connectivity index (χ2v) is 6.05. The molecule has 2 heterocycles. The van der Waals surface area contributed by atoms with Crippen molar-refractivity contribution in [2.24, 2.45) is 0 Å². The maximum absolute atomic E-state index is 12.1. The number of hydrogen-bond donors (Lipinski definition) is 1. The normalized spacial score (nSPS) is 10.5. The van der Waals surface area contributed by atoms with Gasteiger partial charge in [0, 0.05) is 25.0 Å². The van der Waals surface area contributed by atoms with Crippen molar-refractivity contribution in [2.45, 2.75) is 26.9 Å². The van der Waals surface area contributed by atoms with Crippen LogP contribution >= 0.6 is 0 Å². The Bertz CT molecular complexity index is 855. The summed E-state index contributed by atoms with van der Waals surface area (Å²) in [5, 5.41) is 6.65. The second kappa shape index (κ2) is 8.29. The molecule has 1 amide bonds. The molecule has 26 heavy (non-hydrogen) atoms. The van der Waals surface area contributed by atoms with E-state index in [4.69, 9.17) is 9.26 Å². The van der Waals surface area contributed by atoms with Crippen molar-refractivity contribution < 1.29 is 14.1 Å². The molecule has 0 aliphatic rings. The molecular formula is C20H21N3O3. The van der Waals surface area contributed by atoms with Crippen molar-refractivity contribution in [1.29, 1.82) is 0 Å². The number of pyridine rings is 1. The number of para-hydroxylation sites is 1. The van der Waals surface area contributed by atoms with E-state index in [0.717, 1.165) is 28.9 Å². The second-order valence-electron chi connectivity index (χ2n) is 6.05. The molecule has 6 heteroatoms. The highest BCUT2D eigenvalue weighted by Crippen LogP contribution is 2.23. The number of nitrogens with one attached hydrogen (secondary N) is 1. The average molecular weight is 351 g/mol. The first-order valence-corrected chi connectivity index (χ1v) is 8.45. The number of amides is 1. The molecule has 0 bridgehead atoms. The van der Waals surface area contributed by atoms with Crippen LogP contribution in [0.5, 0.6) is 5.75 Å². The van der Waals surface area contributed by atoms with Gasteiger partial charge in [-0.1, -0.05) is 23.4 Å². The number of hydrogen-bond acceptors (Lipinski definition) is 5. The van der Waals surface area contributed by atoms with Gasteiger partial charge in [0.2, 0.25) is 0 Å². The molecular weight excluding hydrogens is 330 g/mol. The number of aromatic nitrogens is 2. The highest BCUT2D eigenvalue weighted by atomic mass is 16.5. The van der Waals surface area contributed by atoms with Crippen LogP contribution in [-0.4, -0.2) is 22.6 Å². The average Bonchev–Trinajstić information content (AvgIpc) is 3.11. The molecule has 0 unspecified atom stereocenters. The third-order valence-corrected chi connectivity index (χ3v) is 4.01. The van der Waals surface area contributed by atoms with E-state index in [0.29, 0.717) is 12.3 Å². The molecule has 0 fully saturated rings. The molecule has 2 aromatic heterocycles. The molecule has 1 N–H and O–H groups in total. The highest BCUT2D eigenvalue weighted by molar-refractivity contribution is 5.92. The summed E-state index contributed by atoms with van der Waals surface area (Å²) in [4.78, 5) is 16.1. The number of ether oxygens (including phenoxy) is 1. The number of carbonyl (C=O) groups is 1. The summed E-state index contributed by atoms with van der Waals surface area (Å²) < 4.78 is 11.0. The summed E-state index contributed by atoms with van der Waals surface area (Å²) in [6, 6.07) is 11.4. The third-order valence-electron chi connectivity index (χ3n) is 4.01. The lowest BCUT2D eigenvalue weighted by Gasteiger charge is -2.09. The van der Waals surface area contributed by atoms with Crippen LogP contribution in [0, 0.1) is 13.8 Å². The first-order valence-electron chi connectivity index (χ1n) is 8.45. The SMILES string of the molecule is Cc1cccc(C)c1OCc1cc(C(=O)NCCc2ccncc2)no1. The summed E-state index contributed by atoms with van der Waals surface area (Å²) >= 11 is 0. The lowest BCUT2D eigenvalue weighted by Crippen LogP contribution is -2.25. The summed E-state index contributed by atoms with van der Waals surface area (Å²) in [6.45, 7) is 4.72. The Morgan fingerprint density at radius 2 is 1.88 bits per heavy atom. The van der Waals surface area contributed by atoms with E-state index in [-0.39, 0.29) is 18.2 Å². The van der Waals surface area contributed by atoms with Crippen molar-refractivity contribution in [3.63, 3.8) is 0 Å². The molecule has 0 radical (unpaired) electrons. The molecule has 0 saturated heterocycles. The smallest absolute Gasteiger partial charge is 0.273 e. The Balaban J connectivity index is 1.51. The Labute approximate surface area is 152 Å². The van der Waals surface area contributed by atoms with Gasteiger partial charge >= 0.3 is 0 Å². The fourth-order valence-corrected chi connectivity index (χ4v) is 2.62. The standard InChI is InChI=1S/C20H21N3O3/c1-14-4-3-5-15(2)19(14)25-13-17-12-18(23-26-17)20(24)22-11-8-16-6-9-21-10-7-16/h3-7,9-10,12H,8,11,13H2,1-2H3,(H,22,24). The molecule has 3 rings (SSSR count). The van der Waals surface area contributed by atoms with Gasteiger partial charge in [-0.25, -0.2) is 0 Å². The van der Waals surface area contributed by atoms with Crippen molar-refractivity contribution in [2.75, 3.05) is 6.54 Å². The maximum Gasteiger partial charge on any atom is 0.273 e. The molecule has 0 aliphatic carbocycles. The highest BCUT2D eigenvalue weighted by Gasteiger charge is 2.13. The minimum atomic E-state index is -0.263. The molecule has 3 aromatic rings. The number of nitrogens with zero attached hydrogens (tertiary/aromatic N) is 2. The van der Waals surface area contributed by atoms with Crippen LogP contribution in [0.2, 0.25) is 0 Å². The monoisotopic (exact) mass is 351 g/mol. The van der Waals surface area contributed by atoms with E-state index in [2.05, 4.69) is 15.5 Å². The van der Waals surface area contributed by atoms with Crippen molar-refractivity contribution in [3.8, 4) is 5.75 Å². The molecule has 134 valence electrons. The fraction of sp³-hybridized carbons (Fsp3) is 0.250. The predicted octanol–water partition coefficient (Wildman–Crippen LogP) is 3.24. The number of rotatable bonds is 7. The van der Waals surface area contributed by atoms with Gasteiger partial charge in [0.1, 0.15) is 12.4 Å². The largest absolute Gasteiger partial charge is 0.485 e. The zero-order chi connectivity index (χ0) is 18.4. The van der Waals surface area contributed by atoms with Crippen LogP contribution in [0.25, 0.3) is 0 Å². The maximum atomic E-state index is 12.1. The summed E-state index contributed by atoms with van der Waals surface area (Å²) in [5.41, 5.74) is 3.47. The lowest BCUT2D eigenvalue weighted by molar-refractivity contribution is 0.0944. The topological polar surface area (TPSA) is 77.2 Å². The number of aryl methyl sites for hydroxylation is 2. The van der Waals surface area contributed by atoms with Crippen LogP contribution in [0.15, 0.2) is 53.3 Å². The Morgan fingerprint density at radius 3 is 2.62 bits per heavy atom. The van der Waals surface area contributed by atoms with E-state index in [9.17, 15) is 4.79 Å². The van der Waals surface area contributed by atoms with Crippen molar-refractivity contribution >= 4 is 5.91 Å². The number of benzene rings is 1. The molecule has 1 aromatic carbocycles. The van der Waals surface area contributed by atoms with Gasteiger partial charge in [-0.3, -0.25) is 9.78 Å². The van der Waals surface area contributed by atoms with Crippen LogP contribution in [0.1, 0.15) is 32.9 Å². The van der Waals surface area contributed by atoms with E-state index in [1.807, 2.05) is 44.2 Å². The quantitative estimate of drug-likeness (QED) is 0.707. The fourth-order valence-electron chi connectivity index (χ4n) is 2.62. The molecule has 0 aliphatic heterocycles. The van der Waals surface area contributed by atoms with E-state index in [1.54, 1.807) is 18.5 Å². The number of carbonyl (C=O) groups excluding carboxylic acids is 1. The molecule has 6 nitrogen and oxygen atoms in total. The Kier molecular flexibility index (Phi) is 5.63. The van der Waals surface area contributed by atoms with Gasteiger partial charge in [-0.15, -0.1) is 0 Å². The minimum Gasteiger partial charge on any atom is -0.485 e. The van der Waals surface area contributed by atoms with Gasteiger partial charge in [-0.2, -0.15) is 0 Å². The van der Waals surface area contributed by atoms with Crippen LogP contribution in [0.4, 0.5) is 0 Å². The van der Waals surface area contributed by atoms with Gasteiger partial charge in [0.25, 0.3) is 5.91 Å². The lowest BCUT2D eigenvalue weighted by atomic mass is 10.1. The van der Waals surface area contributed by atoms with Crippen LogP contribution in [-0.2, 0) is 13.0 Å². The van der Waals surface area contributed by atoms with Crippen molar-refractivity contribution in [3.05, 3.63) is 76.9 Å². The van der Waals surface area contributed by atoms with E-state index >= 15 is 0 Å². The van der Waals surface area contributed by atoms with Gasteiger partial charge < -0.3 is 14.6 Å². The predicted molar refractivity (Wildman–Crippen MR) is 97.0 cm³/mol. The van der Waals surface area contributed by atoms with Gasteiger partial charge in [-0.05, 0) is 49.1 Å².